The molecular weight excluding hydrogens is 343 g/mol. The number of rotatable bonds is 0. The molecule has 0 bridgehead atoms. The molecule has 0 aromatic carbocycles. The Hall–Kier alpha value is 3.27. The maximum absolute atomic E-state index is 8.28. The zero-order chi connectivity index (χ0) is 5.21. The van der Waals surface area contributed by atoms with Gasteiger partial charge in [0.1, 0.15) is 0 Å². The summed E-state index contributed by atoms with van der Waals surface area (Å²) in [5, 5.41) is 8.28. The Kier molecular flexibility index (Phi) is 28.5. The van der Waals surface area contributed by atoms with E-state index in [0.29, 0.717) is 0 Å². The molecule has 1 nitrogen and oxygen atoms in total. The van der Waals surface area contributed by atoms with Gasteiger partial charge in [0.2, 0.25) is 0 Å². The first-order valence-corrected chi connectivity index (χ1v) is 2.05. The van der Waals surface area contributed by atoms with Gasteiger partial charge in [-0.1, -0.05) is 20.8 Å². The van der Waals surface area contributed by atoms with Crippen LogP contribution in [0.4, 0.5) is 0 Å². The van der Waals surface area contributed by atoms with Gasteiger partial charge in [-0.15, -0.1) is 5.41 Å². The maximum atomic E-state index is 8.28. The van der Waals surface area contributed by atoms with Crippen LogP contribution in [0.15, 0.2) is 0 Å². The van der Waals surface area contributed by atoms with Crippen LogP contribution in [0.25, 0.3) is 0 Å². The van der Waals surface area contributed by atoms with E-state index in [2.05, 4.69) is 0 Å². The summed E-state index contributed by atoms with van der Waals surface area (Å²) in [5.74, 6) is 0. The van der Waals surface area contributed by atoms with Crippen LogP contribution in [0.3, 0.4) is 0 Å². The topological polar surface area (TPSA) is 20.2 Å². The van der Waals surface area contributed by atoms with Gasteiger partial charge in [-0.2, -0.15) is 0 Å². The molecule has 0 amide bonds. The Morgan fingerprint density at radius 1 is 1.00 bits per heavy atom. The van der Waals surface area contributed by atoms with Crippen LogP contribution in [-0.4, -0.2) is 5.11 Å². The van der Waals surface area contributed by atoms with Gasteiger partial charge in [-0.25, -0.2) is 6.61 Å². The molecule has 0 saturated carbocycles. The van der Waals surface area contributed by atoms with Crippen molar-refractivity contribution in [2.45, 2.75) is 20.8 Å². The fourth-order valence-electron chi connectivity index (χ4n) is 0. The van der Waals surface area contributed by atoms with Crippen molar-refractivity contribution in [1.82, 2.24) is 0 Å². The summed E-state index contributed by atoms with van der Waals surface area (Å²) in [4.78, 5) is 0. The zero-order valence-electron chi connectivity index (χ0n) is 6.26. The Bertz CT molecular complexity index is 42.0. The normalized spacial score (nSPS) is 8.00. The van der Waals surface area contributed by atoms with Crippen molar-refractivity contribution in [2.24, 2.45) is 5.41 Å². The van der Waals surface area contributed by atoms with E-state index in [4.69, 9.17) is 5.11 Å². The third-order valence-electron chi connectivity index (χ3n) is 0.387. The van der Waals surface area contributed by atoms with E-state index < -0.39 is 0 Å². The molecule has 3 radical (unpaired) electrons. The maximum Gasteiger partial charge on any atom is 0 e. The fraction of sp³-hybridized carbons (Fsp3) is 0.800. The van der Waals surface area contributed by atoms with Crippen LogP contribution < -0.4 is 0 Å². The minimum Gasteiger partial charge on any atom is -0.565 e. The molecule has 0 heterocycles. The molecule has 0 aliphatic heterocycles. The minimum absolute atomic E-state index is 0. The zero-order valence-corrected chi connectivity index (χ0v) is 14.8. The van der Waals surface area contributed by atoms with Crippen molar-refractivity contribution in [2.75, 3.05) is 0 Å². The van der Waals surface area contributed by atoms with E-state index in [-0.39, 0.29) is 104 Å². The van der Waals surface area contributed by atoms with E-state index in [1.807, 2.05) is 20.8 Å². The molecule has 0 atom stereocenters. The Balaban J connectivity index is -0.0000000417. The third kappa shape index (κ3) is 24.6. The van der Waals surface area contributed by atoms with Crippen molar-refractivity contribution < 1.29 is 103 Å². The first-order chi connectivity index (χ1) is 2.56. The number of aliphatic hydroxyl groups is 1. The SMILES string of the molecule is CC(C)(C)[CH-]O.[Y].[Y].[Y]. The Labute approximate surface area is 133 Å². The Morgan fingerprint density at radius 3 is 1.11 bits per heavy atom. The summed E-state index contributed by atoms with van der Waals surface area (Å²) in [6.07, 6.45) is 0. The molecule has 0 aliphatic rings. The van der Waals surface area contributed by atoms with Crippen molar-refractivity contribution >= 4 is 0 Å². The van der Waals surface area contributed by atoms with Crippen LogP contribution in [0.5, 0.6) is 0 Å². The van der Waals surface area contributed by atoms with Gasteiger partial charge in [0.15, 0.2) is 0 Å². The quantitative estimate of drug-likeness (QED) is 0.655. The summed E-state index contributed by atoms with van der Waals surface area (Å²) >= 11 is 0. The number of hydrogen-bond acceptors (Lipinski definition) is 1. The fourth-order valence-corrected chi connectivity index (χ4v) is 0. The average molecular weight is 354 g/mol. The summed E-state index contributed by atoms with van der Waals surface area (Å²) in [5.41, 5.74) is -0.0278. The molecule has 0 aromatic rings. The summed E-state index contributed by atoms with van der Waals surface area (Å²) in [7, 11) is 0. The van der Waals surface area contributed by atoms with E-state index in [0.717, 1.165) is 0 Å². The number of hydrogen-bond donors (Lipinski definition) is 1. The van der Waals surface area contributed by atoms with Crippen LogP contribution in [-0.2, 0) is 98.1 Å². The van der Waals surface area contributed by atoms with Gasteiger partial charge < -0.3 is 5.11 Å². The molecule has 0 spiro atoms. The van der Waals surface area contributed by atoms with Crippen LogP contribution in [0.2, 0.25) is 0 Å². The van der Waals surface area contributed by atoms with E-state index in [1.54, 1.807) is 0 Å². The minimum atomic E-state index is -0.0278. The largest absolute Gasteiger partial charge is 0.565 e. The molecule has 0 rings (SSSR count). The summed E-state index contributed by atoms with van der Waals surface area (Å²) < 4.78 is 0. The monoisotopic (exact) mass is 354 g/mol. The standard InChI is InChI=1S/C5H11O.3Y/c1-5(2,3)4-6;;;/h4,6H,1-3H3;;;/q-1;;;. The van der Waals surface area contributed by atoms with Gasteiger partial charge in [-0.05, 0) is 0 Å². The van der Waals surface area contributed by atoms with Gasteiger partial charge in [-0.3, -0.25) is 0 Å². The summed E-state index contributed by atoms with van der Waals surface area (Å²) in [6, 6.07) is 0. The van der Waals surface area contributed by atoms with Crippen LogP contribution in [0, 0.1) is 12.0 Å². The second kappa shape index (κ2) is 11.3. The molecule has 47 valence electrons. The Morgan fingerprint density at radius 2 is 1.11 bits per heavy atom. The number of aliphatic hydroxyl groups excluding tert-OH is 1. The summed E-state index contributed by atoms with van der Waals surface area (Å²) in [6.45, 7) is 7.00. The molecule has 0 saturated heterocycles. The molecule has 1 N–H and O–H groups in total. The van der Waals surface area contributed by atoms with E-state index >= 15 is 0 Å². The van der Waals surface area contributed by atoms with Gasteiger partial charge >= 0.3 is 0 Å². The molecule has 4 heteroatoms. The van der Waals surface area contributed by atoms with Gasteiger partial charge in [0.25, 0.3) is 0 Å². The van der Waals surface area contributed by atoms with Crippen molar-refractivity contribution in [3.05, 3.63) is 6.61 Å². The van der Waals surface area contributed by atoms with Crippen molar-refractivity contribution in [3.63, 3.8) is 0 Å². The van der Waals surface area contributed by atoms with Crippen LogP contribution >= 0.6 is 0 Å². The smallest absolute Gasteiger partial charge is 0 e. The van der Waals surface area contributed by atoms with Crippen molar-refractivity contribution in [3.8, 4) is 0 Å². The van der Waals surface area contributed by atoms with E-state index in [1.165, 1.54) is 6.61 Å². The molecule has 0 unspecified atom stereocenters. The third-order valence-corrected chi connectivity index (χ3v) is 0.387. The van der Waals surface area contributed by atoms with Crippen LogP contribution in [0.1, 0.15) is 20.8 Å². The van der Waals surface area contributed by atoms with E-state index in [9.17, 15) is 0 Å². The second-order valence-corrected chi connectivity index (χ2v) is 2.50. The predicted octanol–water partition coefficient (Wildman–Crippen LogP) is 1.56. The van der Waals surface area contributed by atoms with Gasteiger partial charge in [0, 0.05) is 98.1 Å². The molecule has 0 aliphatic carbocycles. The van der Waals surface area contributed by atoms with Gasteiger partial charge in [0.05, 0.1) is 0 Å². The average Bonchev–Trinajstić information content (AvgIpc) is 1.35. The second-order valence-electron chi connectivity index (χ2n) is 2.50. The predicted molar refractivity (Wildman–Crippen MR) is 25.7 cm³/mol. The van der Waals surface area contributed by atoms with Crippen molar-refractivity contribution in [1.29, 1.82) is 0 Å². The molecule has 0 aromatic heterocycles. The first-order valence-electron chi connectivity index (χ1n) is 2.05. The molecule has 0 fully saturated rings. The molecule has 9 heavy (non-hydrogen) atoms. The first kappa shape index (κ1) is 22.8. The molecular formula is C5H11OY3-.